The molecule has 6 heteroatoms. The number of aromatic nitrogens is 1. The standard InChI is InChI=1S/C14H15BrN2O2S/c1-10-6-7-12(15)9-14(10)20(18,19)17-11(2)13-5-3-4-8-16-13/h3-9,11,17H,1-2H3/t11-/m1/s1. The molecule has 106 valence electrons. The van der Waals surface area contributed by atoms with E-state index in [1.807, 2.05) is 12.1 Å². The van der Waals surface area contributed by atoms with Crippen LogP contribution in [0.3, 0.4) is 0 Å². The van der Waals surface area contributed by atoms with Crippen molar-refractivity contribution >= 4 is 26.0 Å². The molecule has 0 radical (unpaired) electrons. The number of pyridine rings is 1. The van der Waals surface area contributed by atoms with Crippen molar-refractivity contribution in [1.82, 2.24) is 9.71 Å². The molecule has 1 heterocycles. The number of sulfonamides is 1. The maximum Gasteiger partial charge on any atom is 0.241 e. The Morgan fingerprint density at radius 1 is 1.25 bits per heavy atom. The van der Waals surface area contributed by atoms with Gasteiger partial charge in [0, 0.05) is 10.7 Å². The second-order valence-corrected chi connectivity index (χ2v) is 7.11. The van der Waals surface area contributed by atoms with Crippen LogP contribution in [-0.4, -0.2) is 13.4 Å². The summed E-state index contributed by atoms with van der Waals surface area (Å²) in [5.41, 5.74) is 1.39. The van der Waals surface area contributed by atoms with Crippen LogP contribution in [0, 0.1) is 6.92 Å². The second-order valence-electron chi connectivity index (χ2n) is 4.51. The van der Waals surface area contributed by atoms with Gasteiger partial charge in [-0.2, -0.15) is 0 Å². The molecule has 1 aromatic carbocycles. The molecule has 2 aromatic rings. The van der Waals surface area contributed by atoms with E-state index in [0.717, 1.165) is 4.47 Å². The minimum Gasteiger partial charge on any atom is -0.260 e. The highest BCUT2D eigenvalue weighted by molar-refractivity contribution is 9.10. The van der Waals surface area contributed by atoms with Crippen molar-refractivity contribution < 1.29 is 8.42 Å². The van der Waals surface area contributed by atoms with E-state index in [0.29, 0.717) is 11.3 Å². The van der Waals surface area contributed by atoms with E-state index < -0.39 is 10.0 Å². The topological polar surface area (TPSA) is 59.1 Å². The number of hydrogen-bond donors (Lipinski definition) is 1. The predicted molar refractivity (Wildman–Crippen MR) is 81.9 cm³/mol. The molecular formula is C14H15BrN2O2S. The lowest BCUT2D eigenvalue weighted by molar-refractivity contribution is 0.563. The summed E-state index contributed by atoms with van der Waals surface area (Å²) < 4.78 is 28.2. The Morgan fingerprint density at radius 3 is 2.65 bits per heavy atom. The average molecular weight is 355 g/mol. The normalized spacial score (nSPS) is 13.2. The molecule has 2 rings (SSSR count). The largest absolute Gasteiger partial charge is 0.260 e. The summed E-state index contributed by atoms with van der Waals surface area (Å²) in [5, 5.41) is 0. The predicted octanol–water partition coefficient (Wildman–Crippen LogP) is 3.19. The Bertz CT molecular complexity index is 702. The lowest BCUT2D eigenvalue weighted by Crippen LogP contribution is -2.28. The first-order valence-corrected chi connectivity index (χ1v) is 8.37. The summed E-state index contributed by atoms with van der Waals surface area (Å²) in [6.07, 6.45) is 1.64. The van der Waals surface area contributed by atoms with Crippen LogP contribution >= 0.6 is 15.9 Å². The zero-order valence-corrected chi connectivity index (χ0v) is 13.6. The summed E-state index contributed by atoms with van der Waals surface area (Å²) in [4.78, 5) is 4.43. The average Bonchev–Trinajstić information content (AvgIpc) is 2.42. The molecule has 0 fully saturated rings. The lowest BCUT2D eigenvalue weighted by Gasteiger charge is -2.15. The van der Waals surface area contributed by atoms with E-state index in [4.69, 9.17) is 0 Å². The van der Waals surface area contributed by atoms with Gasteiger partial charge < -0.3 is 0 Å². The van der Waals surface area contributed by atoms with Crippen LogP contribution in [0.1, 0.15) is 24.2 Å². The number of nitrogens with zero attached hydrogens (tertiary/aromatic N) is 1. The molecular weight excluding hydrogens is 340 g/mol. The van der Waals surface area contributed by atoms with Crippen molar-refractivity contribution in [1.29, 1.82) is 0 Å². The first kappa shape index (κ1) is 15.2. The van der Waals surface area contributed by atoms with Gasteiger partial charge in [-0.3, -0.25) is 4.98 Å². The van der Waals surface area contributed by atoms with Gasteiger partial charge in [-0.05, 0) is 43.7 Å². The Balaban J connectivity index is 2.30. The number of aryl methyl sites for hydroxylation is 1. The van der Waals surface area contributed by atoms with E-state index in [9.17, 15) is 8.42 Å². The molecule has 0 amide bonds. The fraction of sp³-hybridized carbons (Fsp3) is 0.214. The zero-order chi connectivity index (χ0) is 14.8. The van der Waals surface area contributed by atoms with Crippen molar-refractivity contribution in [2.24, 2.45) is 0 Å². The molecule has 1 atom stereocenters. The fourth-order valence-electron chi connectivity index (χ4n) is 1.85. The molecule has 1 N–H and O–H groups in total. The number of benzene rings is 1. The van der Waals surface area contributed by atoms with Gasteiger partial charge in [0.1, 0.15) is 0 Å². The minimum absolute atomic E-state index is 0.273. The van der Waals surface area contributed by atoms with Gasteiger partial charge in [0.15, 0.2) is 0 Å². The van der Waals surface area contributed by atoms with Crippen molar-refractivity contribution in [3.8, 4) is 0 Å². The fourth-order valence-corrected chi connectivity index (χ4v) is 3.85. The highest BCUT2D eigenvalue weighted by Gasteiger charge is 2.21. The Hall–Kier alpha value is -1.24. The number of rotatable bonds is 4. The quantitative estimate of drug-likeness (QED) is 0.916. The zero-order valence-electron chi connectivity index (χ0n) is 11.2. The lowest BCUT2D eigenvalue weighted by atomic mass is 10.2. The highest BCUT2D eigenvalue weighted by Crippen LogP contribution is 2.22. The molecule has 0 aliphatic heterocycles. The maximum atomic E-state index is 12.4. The van der Waals surface area contributed by atoms with Gasteiger partial charge in [-0.15, -0.1) is 0 Å². The molecule has 0 aliphatic carbocycles. The number of halogens is 1. The van der Waals surface area contributed by atoms with Crippen molar-refractivity contribution in [3.05, 3.63) is 58.3 Å². The number of hydrogen-bond acceptors (Lipinski definition) is 3. The van der Waals surface area contributed by atoms with E-state index in [-0.39, 0.29) is 10.9 Å². The van der Waals surface area contributed by atoms with E-state index in [1.54, 1.807) is 44.3 Å². The van der Waals surface area contributed by atoms with Crippen molar-refractivity contribution in [2.45, 2.75) is 24.8 Å². The van der Waals surface area contributed by atoms with Gasteiger partial charge in [0.05, 0.1) is 16.6 Å². The van der Waals surface area contributed by atoms with Crippen LogP contribution in [0.15, 0.2) is 52.0 Å². The summed E-state index contributed by atoms with van der Waals surface area (Å²) in [6, 6.07) is 10.2. The van der Waals surface area contributed by atoms with Gasteiger partial charge in [0.25, 0.3) is 0 Å². The smallest absolute Gasteiger partial charge is 0.241 e. The van der Waals surface area contributed by atoms with Crippen molar-refractivity contribution in [3.63, 3.8) is 0 Å². The Morgan fingerprint density at radius 2 is 2.00 bits per heavy atom. The van der Waals surface area contributed by atoms with Crippen LogP contribution in [0.2, 0.25) is 0 Å². The van der Waals surface area contributed by atoms with Crippen LogP contribution in [0.25, 0.3) is 0 Å². The first-order valence-electron chi connectivity index (χ1n) is 6.09. The molecule has 0 saturated heterocycles. The van der Waals surface area contributed by atoms with Gasteiger partial charge in [-0.25, -0.2) is 13.1 Å². The van der Waals surface area contributed by atoms with Crippen LogP contribution in [-0.2, 0) is 10.0 Å². The summed E-state index contributed by atoms with van der Waals surface area (Å²) >= 11 is 3.30. The highest BCUT2D eigenvalue weighted by atomic mass is 79.9. The van der Waals surface area contributed by atoms with Gasteiger partial charge in [0.2, 0.25) is 10.0 Å². The minimum atomic E-state index is -3.58. The Labute approximate surface area is 127 Å². The van der Waals surface area contributed by atoms with Gasteiger partial charge >= 0.3 is 0 Å². The molecule has 20 heavy (non-hydrogen) atoms. The van der Waals surface area contributed by atoms with Crippen LogP contribution in [0.5, 0.6) is 0 Å². The first-order chi connectivity index (χ1) is 9.40. The third-order valence-corrected chi connectivity index (χ3v) is 5.08. The van der Waals surface area contributed by atoms with E-state index in [1.165, 1.54) is 0 Å². The molecule has 0 aliphatic rings. The molecule has 0 saturated carbocycles. The van der Waals surface area contributed by atoms with Crippen LogP contribution < -0.4 is 4.72 Å². The third-order valence-electron chi connectivity index (χ3n) is 2.90. The molecule has 1 aromatic heterocycles. The monoisotopic (exact) mass is 354 g/mol. The third kappa shape index (κ3) is 3.45. The molecule has 4 nitrogen and oxygen atoms in total. The second kappa shape index (κ2) is 6.03. The van der Waals surface area contributed by atoms with E-state index in [2.05, 4.69) is 25.6 Å². The summed E-state index contributed by atoms with van der Waals surface area (Å²) in [6.45, 7) is 3.54. The maximum absolute atomic E-state index is 12.4. The SMILES string of the molecule is Cc1ccc(Br)cc1S(=O)(=O)N[C@H](C)c1ccccn1. The summed E-state index contributed by atoms with van der Waals surface area (Å²) in [7, 11) is -3.58. The molecule has 0 unspecified atom stereocenters. The van der Waals surface area contributed by atoms with E-state index >= 15 is 0 Å². The summed E-state index contributed by atoms with van der Waals surface area (Å²) in [5.74, 6) is 0. The number of nitrogens with one attached hydrogen (secondary N) is 1. The van der Waals surface area contributed by atoms with Crippen LogP contribution in [0.4, 0.5) is 0 Å². The van der Waals surface area contributed by atoms with Crippen molar-refractivity contribution in [2.75, 3.05) is 0 Å². The molecule has 0 bridgehead atoms. The molecule has 0 spiro atoms. The van der Waals surface area contributed by atoms with Gasteiger partial charge in [-0.1, -0.05) is 28.1 Å². The Kier molecular flexibility index (Phi) is 4.57.